The molecule has 0 unspecified atom stereocenters. The number of benzene rings is 1. The Labute approximate surface area is 92.5 Å². The van der Waals surface area contributed by atoms with Gasteiger partial charge in [0.25, 0.3) is 0 Å². The van der Waals surface area contributed by atoms with E-state index in [4.69, 9.17) is 5.73 Å². The van der Waals surface area contributed by atoms with Gasteiger partial charge in [-0.25, -0.2) is 4.68 Å². The summed E-state index contributed by atoms with van der Waals surface area (Å²) in [5.41, 5.74) is 6.61. The molecule has 2 aromatic rings. The highest BCUT2D eigenvalue weighted by Crippen LogP contribution is 2.20. The van der Waals surface area contributed by atoms with Crippen LogP contribution in [0.3, 0.4) is 0 Å². The van der Waals surface area contributed by atoms with Crippen molar-refractivity contribution in [1.29, 1.82) is 0 Å². The summed E-state index contributed by atoms with van der Waals surface area (Å²) >= 11 is 1.71. The van der Waals surface area contributed by atoms with Crippen molar-refractivity contribution >= 4 is 17.7 Å². The van der Waals surface area contributed by atoms with Crippen molar-refractivity contribution in [3.05, 3.63) is 24.3 Å². The fourth-order valence-corrected chi connectivity index (χ4v) is 1.67. The summed E-state index contributed by atoms with van der Waals surface area (Å²) < 4.78 is 1.57. The van der Waals surface area contributed by atoms with Gasteiger partial charge in [0.15, 0.2) is 5.82 Å². The first-order valence-electron chi connectivity index (χ1n) is 4.51. The molecule has 0 aliphatic rings. The number of aryl methyl sites for hydroxylation is 1. The van der Waals surface area contributed by atoms with Crippen LogP contribution < -0.4 is 5.73 Å². The molecular weight excluding hydrogens is 208 g/mol. The Morgan fingerprint density at radius 3 is 2.40 bits per heavy atom. The monoisotopic (exact) mass is 220 g/mol. The van der Waals surface area contributed by atoms with Gasteiger partial charge in [0.05, 0.1) is 0 Å². The van der Waals surface area contributed by atoms with Crippen molar-refractivity contribution in [3.63, 3.8) is 0 Å². The van der Waals surface area contributed by atoms with E-state index in [0.29, 0.717) is 11.8 Å². The highest BCUT2D eigenvalue weighted by Gasteiger charge is 2.05. The number of anilines is 1. The molecule has 15 heavy (non-hydrogen) atoms. The normalized spacial score (nSPS) is 10.5. The zero-order valence-corrected chi connectivity index (χ0v) is 9.45. The second-order valence-electron chi connectivity index (χ2n) is 3.15. The van der Waals surface area contributed by atoms with E-state index in [1.807, 2.05) is 30.5 Å². The van der Waals surface area contributed by atoms with Gasteiger partial charge in [0, 0.05) is 17.5 Å². The second-order valence-corrected chi connectivity index (χ2v) is 4.03. The van der Waals surface area contributed by atoms with Crippen LogP contribution in [0, 0.1) is 0 Å². The molecule has 4 nitrogen and oxygen atoms in total. The lowest BCUT2D eigenvalue weighted by Crippen LogP contribution is -1.97. The third-order valence-electron chi connectivity index (χ3n) is 2.14. The summed E-state index contributed by atoms with van der Waals surface area (Å²) in [6, 6.07) is 8.10. The van der Waals surface area contributed by atoms with Crippen LogP contribution in [-0.4, -0.2) is 21.0 Å². The first kappa shape index (κ1) is 10.0. The number of nitrogen functional groups attached to an aromatic ring is 1. The van der Waals surface area contributed by atoms with Crippen molar-refractivity contribution in [3.8, 4) is 11.4 Å². The van der Waals surface area contributed by atoms with Gasteiger partial charge in [0.2, 0.25) is 5.95 Å². The zero-order valence-electron chi connectivity index (χ0n) is 8.64. The summed E-state index contributed by atoms with van der Waals surface area (Å²) in [6.45, 7) is 0. The maximum absolute atomic E-state index is 5.62. The lowest BCUT2D eigenvalue weighted by Gasteiger charge is -1.97. The predicted molar refractivity (Wildman–Crippen MR) is 62.6 cm³/mol. The maximum Gasteiger partial charge on any atom is 0.218 e. The first-order chi connectivity index (χ1) is 7.20. The van der Waals surface area contributed by atoms with E-state index >= 15 is 0 Å². The number of aromatic nitrogens is 3. The van der Waals surface area contributed by atoms with Gasteiger partial charge in [0.1, 0.15) is 0 Å². The van der Waals surface area contributed by atoms with Crippen LogP contribution in [0.2, 0.25) is 0 Å². The number of nitrogens with two attached hydrogens (primary N) is 1. The molecule has 2 N–H and O–H groups in total. The van der Waals surface area contributed by atoms with E-state index in [9.17, 15) is 0 Å². The van der Waals surface area contributed by atoms with Crippen molar-refractivity contribution in [2.75, 3.05) is 12.0 Å². The fourth-order valence-electron chi connectivity index (χ4n) is 1.26. The summed E-state index contributed by atoms with van der Waals surface area (Å²) in [5.74, 6) is 1.10. The molecule has 78 valence electrons. The Bertz CT molecular complexity index is 441. The minimum Gasteiger partial charge on any atom is -0.368 e. The van der Waals surface area contributed by atoms with Gasteiger partial charge in [-0.15, -0.1) is 16.9 Å². The van der Waals surface area contributed by atoms with Crippen molar-refractivity contribution in [2.45, 2.75) is 4.90 Å². The Kier molecular flexibility index (Phi) is 2.64. The van der Waals surface area contributed by atoms with Crippen LogP contribution in [0.4, 0.5) is 5.95 Å². The molecule has 0 fully saturated rings. The molecule has 5 heteroatoms. The minimum atomic E-state index is 0.430. The summed E-state index contributed by atoms with van der Waals surface area (Å²) in [7, 11) is 1.78. The molecule has 2 rings (SSSR count). The molecular formula is C10H12N4S. The number of hydrogen-bond acceptors (Lipinski definition) is 4. The Morgan fingerprint density at radius 2 is 1.93 bits per heavy atom. The lowest BCUT2D eigenvalue weighted by atomic mass is 10.2. The molecule has 1 aromatic heterocycles. The van der Waals surface area contributed by atoms with Crippen LogP contribution >= 0.6 is 11.8 Å². The smallest absolute Gasteiger partial charge is 0.218 e. The molecule has 0 radical (unpaired) electrons. The highest BCUT2D eigenvalue weighted by molar-refractivity contribution is 7.98. The van der Waals surface area contributed by atoms with Gasteiger partial charge >= 0.3 is 0 Å². The quantitative estimate of drug-likeness (QED) is 0.784. The maximum atomic E-state index is 5.62. The van der Waals surface area contributed by atoms with Crippen molar-refractivity contribution in [2.24, 2.45) is 7.05 Å². The minimum absolute atomic E-state index is 0.430. The highest BCUT2D eigenvalue weighted by atomic mass is 32.2. The molecule has 0 aliphatic carbocycles. The molecule has 0 saturated heterocycles. The van der Waals surface area contributed by atoms with Gasteiger partial charge < -0.3 is 5.73 Å². The Balaban J connectivity index is 2.37. The molecule has 0 saturated carbocycles. The fraction of sp³-hybridized carbons (Fsp3) is 0.200. The third-order valence-corrected chi connectivity index (χ3v) is 2.89. The van der Waals surface area contributed by atoms with E-state index in [-0.39, 0.29) is 0 Å². The van der Waals surface area contributed by atoms with Crippen LogP contribution in [0.15, 0.2) is 29.2 Å². The van der Waals surface area contributed by atoms with Crippen molar-refractivity contribution < 1.29 is 0 Å². The molecule has 1 heterocycles. The Morgan fingerprint density at radius 1 is 1.27 bits per heavy atom. The summed E-state index contributed by atoms with van der Waals surface area (Å²) in [6.07, 6.45) is 2.05. The standard InChI is InChI=1S/C10H12N4S/c1-14-10(11)12-9(13-14)7-3-5-8(15-2)6-4-7/h3-6H,1-2H3,(H2,11,12,13). The van der Waals surface area contributed by atoms with E-state index < -0.39 is 0 Å². The number of hydrogen-bond donors (Lipinski definition) is 1. The van der Waals surface area contributed by atoms with E-state index in [2.05, 4.69) is 10.1 Å². The molecule has 0 bridgehead atoms. The van der Waals surface area contributed by atoms with Crippen LogP contribution in [0.1, 0.15) is 0 Å². The summed E-state index contributed by atoms with van der Waals surface area (Å²) in [5, 5.41) is 4.21. The third kappa shape index (κ3) is 1.97. The number of rotatable bonds is 2. The molecule has 0 aliphatic heterocycles. The van der Waals surface area contributed by atoms with E-state index in [1.54, 1.807) is 23.5 Å². The number of thioether (sulfide) groups is 1. The first-order valence-corrected chi connectivity index (χ1v) is 5.74. The number of nitrogens with zero attached hydrogens (tertiary/aromatic N) is 3. The van der Waals surface area contributed by atoms with Gasteiger partial charge in [-0.3, -0.25) is 0 Å². The molecule has 0 amide bonds. The van der Waals surface area contributed by atoms with Crippen LogP contribution in [0.5, 0.6) is 0 Å². The predicted octanol–water partition coefficient (Wildman–Crippen LogP) is 1.79. The molecule has 1 aromatic carbocycles. The largest absolute Gasteiger partial charge is 0.368 e. The molecule has 0 spiro atoms. The topological polar surface area (TPSA) is 56.7 Å². The molecule has 0 atom stereocenters. The lowest BCUT2D eigenvalue weighted by molar-refractivity contribution is 0.781. The Hall–Kier alpha value is -1.49. The van der Waals surface area contributed by atoms with E-state index in [1.165, 1.54) is 4.90 Å². The van der Waals surface area contributed by atoms with Crippen LogP contribution in [-0.2, 0) is 7.05 Å². The summed E-state index contributed by atoms with van der Waals surface area (Å²) in [4.78, 5) is 5.38. The average Bonchev–Trinajstić information content (AvgIpc) is 2.59. The van der Waals surface area contributed by atoms with Crippen molar-refractivity contribution in [1.82, 2.24) is 14.8 Å². The average molecular weight is 220 g/mol. The second kappa shape index (κ2) is 3.94. The van der Waals surface area contributed by atoms with Gasteiger partial charge in [-0.1, -0.05) is 12.1 Å². The van der Waals surface area contributed by atoms with Gasteiger partial charge in [-0.05, 0) is 18.4 Å². The zero-order chi connectivity index (χ0) is 10.8. The SMILES string of the molecule is CSc1ccc(-c2nc(N)n(C)n2)cc1. The van der Waals surface area contributed by atoms with E-state index in [0.717, 1.165) is 5.56 Å². The van der Waals surface area contributed by atoms with Crippen LogP contribution in [0.25, 0.3) is 11.4 Å². The van der Waals surface area contributed by atoms with Gasteiger partial charge in [-0.2, -0.15) is 4.98 Å².